The van der Waals surface area contributed by atoms with Crippen LogP contribution in [0.15, 0.2) is 12.4 Å². The Morgan fingerprint density at radius 3 is 2.80 bits per heavy atom. The molecule has 2 fully saturated rings. The molecule has 1 aromatic rings. The topological polar surface area (TPSA) is 61.7 Å². The molecule has 0 aliphatic carbocycles. The van der Waals surface area contributed by atoms with E-state index in [-0.39, 0.29) is 17.7 Å². The quantitative estimate of drug-likeness (QED) is 0.808. The third-order valence-electron chi connectivity index (χ3n) is 5.33. The van der Waals surface area contributed by atoms with E-state index in [1.54, 1.807) is 4.90 Å². The van der Waals surface area contributed by atoms with Gasteiger partial charge in [0, 0.05) is 77.0 Å². The smallest absolute Gasteiger partial charge is 0.226 e. The maximum atomic E-state index is 12.8. The summed E-state index contributed by atoms with van der Waals surface area (Å²) in [6, 6.07) is 0. The predicted octanol–water partition coefficient (Wildman–Crippen LogP) is 0.806. The number of carbonyl (C=O) groups is 2. The maximum Gasteiger partial charge on any atom is 0.226 e. The highest BCUT2D eigenvalue weighted by Crippen LogP contribution is 2.21. The monoisotopic (exact) mass is 347 g/mol. The molecule has 1 atom stereocenters. The summed E-state index contributed by atoms with van der Waals surface area (Å²) in [5.74, 6) is 0.133. The fourth-order valence-electron chi connectivity index (χ4n) is 3.68. The Bertz CT molecular complexity index is 614. The number of piperidine rings is 1. The molecule has 0 aromatic carbocycles. The first-order valence-corrected chi connectivity index (χ1v) is 9.33. The van der Waals surface area contributed by atoms with Crippen LogP contribution in [0.1, 0.15) is 31.7 Å². The molecule has 2 aliphatic rings. The summed E-state index contributed by atoms with van der Waals surface area (Å²) in [4.78, 5) is 30.8. The van der Waals surface area contributed by atoms with Crippen LogP contribution in [0, 0.1) is 5.92 Å². The molecule has 0 spiro atoms. The van der Waals surface area contributed by atoms with Crippen LogP contribution < -0.4 is 0 Å². The lowest BCUT2D eigenvalue weighted by Crippen LogP contribution is -2.44. The van der Waals surface area contributed by atoms with Crippen molar-refractivity contribution in [1.82, 2.24) is 24.5 Å². The van der Waals surface area contributed by atoms with Crippen LogP contribution in [0.3, 0.4) is 0 Å². The molecule has 0 unspecified atom stereocenters. The van der Waals surface area contributed by atoms with Crippen LogP contribution in [0.5, 0.6) is 0 Å². The average molecular weight is 347 g/mol. The lowest BCUT2D eigenvalue weighted by molar-refractivity contribution is -0.144. The van der Waals surface area contributed by atoms with Gasteiger partial charge in [0.05, 0.1) is 6.20 Å². The van der Waals surface area contributed by atoms with Crippen molar-refractivity contribution in [3.8, 4) is 0 Å². The van der Waals surface area contributed by atoms with E-state index in [0.717, 1.165) is 52.1 Å². The molecule has 3 heterocycles. The molecular formula is C18H29N5O2. The molecule has 2 saturated heterocycles. The molecule has 0 N–H and O–H groups in total. The van der Waals surface area contributed by atoms with E-state index in [4.69, 9.17) is 0 Å². The SMILES string of the molecule is CCn1cc(CN2CCCN(C(=O)[C@H]3CCN(C)C(=O)C3)CC2)cn1. The van der Waals surface area contributed by atoms with Gasteiger partial charge in [-0.2, -0.15) is 5.10 Å². The first-order chi connectivity index (χ1) is 12.1. The number of likely N-dealkylation sites (tertiary alicyclic amines) is 1. The second kappa shape index (κ2) is 7.99. The summed E-state index contributed by atoms with van der Waals surface area (Å²) >= 11 is 0. The number of aromatic nitrogens is 2. The third-order valence-corrected chi connectivity index (χ3v) is 5.33. The van der Waals surface area contributed by atoms with Gasteiger partial charge in [-0.15, -0.1) is 0 Å². The lowest BCUT2D eigenvalue weighted by Gasteiger charge is -2.31. The van der Waals surface area contributed by atoms with Gasteiger partial charge in [-0.05, 0) is 19.8 Å². The number of aryl methyl sites for hydroxylation is 1. The van der Waals surface area contributed by atoms with Gasteiger partial charge in [0.1, 0.15) is 0 Å². The van der Waals surface area contributed by atoms with Crippen molar-refractivity contribution in [2.75, 3.05) is 39.8 Å². The fourth-order valence-corrected chi connectivity index (χ4v) is 3.68. The van der Waals surface area contributed by atoms with E-state index in [9.17, 15) is 9.59 Å². The van der Waals surface area contributed by atoms with E-state index in [1.165, 1.54) is 5.56 Å². The molecule has 0 saturated carbocycles. The molecule has 0 bridgehead atoms. The van der Waals surface area contributed by atoms with E-state index < -0.39 is 0 Å². The van der Waals surface area contributed by atoms with Gasteiger partial charge < -0.3 is 9.80 Å². The Balaban J connectivity index is 1.52. The van der Waals surface area contributed by atoms with Crippen LogP contribution in [0.4, 0.5) is 0 Å². The van der Waals surface area contributed by atoms with Crippen molar-refractivity contribution in [1.29, 1.82) is 0 Å². The number of hydrogen-bond acceptors (Lipinski definition) is 4. The zero-order valence-electron chi connectivity index (χ0n) is 15.4. The van der Waals surface area contributed by atoms with Crippen molar-refractivity contribution in [2.45, 2.75) is 39.3 Å². The molecule has 0 radical (unpaired) electrons. The van der Waals surface area contributed by atoms with Gasteiger partial charge in [0.25, 0.3) is 0 Å². The van der Waals surface area contributed by atoms with Crippen LogP contribution >= 0.6 is 0 Å². The Hall–Kier alpha value is -1.89. The van der Waals surface area contributed by atoms with Gasteiger partial charge in [-0.1, -0.05) is 0 Å². The molecule has 25 heavy (non-hydrogen) atoms. The normalized spacial score (nSPS) is 23.0. The number of amides is 2. The van der Waals surface area contributed by atoms with Crippen molar-refractivity contribution in [3.05, 3.63) is 18.0 Å². The summed E-state index contributed by atoms with van der Waals surface area (Å²) in [5, 5.41) is 4.33. The van der Waals surface area contributed by atoms with Crippen LogP contribution in [0.2, 0.25) is 0 Å². The molecule has 1 aromatic heterocycles. The van der Waals surface area contributed by atoms with E-state index >= 15 is 0 Å². The summed E-state index contributed by atoms with van der Waals surface area (Å²) < 4.78 is 1.94. The van der Waals surface area contributed by atoms with Crippen LogP contribution in [0.25, 0.3) is 0 Å². The number of rotatable bonds is 4. The minimum absolute atomic E-state index is 0.0917. The number of hydrogen-bond donors (Lipinski definition) is 0. The lowest BCUT2D eigenvalue weighted by atomic mass is 9.95. The summed E-state index contributed by atoms with van der Waals surface area (Å²) in [6.07, 6.45) is 6.16. The van der Waals surface area contributed by atoms with E-state index in [0.29, 0.717) is 13.0 Å². The molecule has 2 amide bonds. The van der Waals surface area contributed by atoms with Crippen molar-refractivity contribution < 1.29 is 9.59 Å². The van der Waals surface area contributed by atoms with Crippen molar-refractivity contribution >= 4 is 11.8 Å². The maximum absolute atomic E-state index is 12.8. The Morgan fingerprint density at radius 2 is 2.08 bits per heavy atom. The van der Waals surface area contributed by atoms with Gasteiger partial charge in [0.2, 0.25) is 11.8 Å². The third kappa shape index (κ3) is 4.39. The zero-order valence-corrected chi connectivity index (χ0v) is 15.4. The highest BCUT2D eigenvalue weighted by Gasteiger charge is 2.32. The molecule has 7 heteroatoms. The van der Waals surface area contributed by atoms with Gasteiger partial charge in [-0.3, -0.25) is 19.2 Å². The van der Waals surface area contributed by atoms with Gasteiger partial charge in [0.15, 0.2) is 0 Å². The summed E-state index contributed by atoms with van der Waals surface area (Å²) in [7, 11) is 1.81. The Labute approximate surface area is 149 Å². The fraction of sp³-hybridized carbons (Fsp3) is 0.722. The minimum atomic E-state index is -0.127. The van der Waals surface area contributed by atoms with Crippen LogP contribution in [-0.4, -0.2) is 76.1 Å². The van der Waals surface area contributed by atoms with Crippen molar-refractivity contribution in [2.24, 2.45) is 5.92 Å². The summed E-state index contributed by atoms with van der Waals surface area (Å²) in [5.41, 5.74) is 1.22. The Kier molecular flexibility index (Phi) is 5.73. The number of carbonyl (C=O) groups excluding carboxylic acids is 2. The average Bonchev–Trinajstić information content (AvgIpc) is 2.94. The summed E-state index contributed by atoms with van der Waals surface area (Å²) in [6.45, 7) is 7.96. The molecular weight excluding hydrogens is 318 g/mol. The minimum Gasteiger partial charge on any atom is -0.346 e. The second-order valence-electron chi connectivity index (χ2n) is 7.16. The predicted molar refractivity (Wildman–Crippen MR) is 94.7 cm³/mol. The second-order valence-corrected chi connectivity index (χ2v) is 7.16. The first kappa shape index (κ1) is 17.9. The van der Waals surface area contributed by atoms with Crippen molar-refractivity contribution in [3.63, 3.8) is 0 Å². The highest BCUT2D eigenvalue weighted by atomic mass is 16.2. The zero-order chi connectivity index (χ0) is 17.8. The van der Waals surface area contributed by atoms with E-state index in [1.807, 2.05) is 22.8 Å². The van der Waals surface area contributed by atoms with E-state index in [2.05, 4.69) is 23.1 Å². The van der Waals surface area contributed by atoms with Gasteiger partial charge >= 0.3 is 0 Å². The number of nitrogens with zero attached hydrogens (tertiary/aromatic N) is 5. The highest BCUT2D eigenvalue weighted by molar-refractivity contribution is 5.86. The standard InChI is InChI=1S/C18H29N5O2/c1-3-23-14-15(12-19-23)13-21-6-4-7-22(10-9-21)18(25)16-5-8-20(2)17(24)11-16/h12,14,16H,3-11,13H2,1-2H3/t16-/m0/s1. The largest absolute Gasteiger partial charge is 0.346 e. The van der Waals surface area contributed by atoms with Gasteiger partial charge in [-0.25, -0.2) is 0 Å². The molecule has 3 rings (SSSR count). The Morgan fingerprint density at radius 1 is 1.24 bits per heavy atom. The molecule has 7 nitrogen and oxygen atoms in total. The molecule has 2 aliphatic heterocycles. The first-order valence-electron chi connectivity index (χ1n) is 9.33. The molecule has 138 valence electrons. The van der Waals surface area contributed by atoms with Crippen LogP contribution in [-0.2, 0) is 22.7 Å².